The molecule has 0 spiro atoms. The third kappa shape index (κ3) is 3.08. The number of hydrogen-bond acceptors (Lipinski definition) is 2. The minimum Gasteiger partial charge on any atom is -0.309 e. The van der Waals surface area contributed by atoms with Crippen molar-refractivity contribution in [1.82, 2.24) is 10.2 Å². The standard InChI is InChI=1S/C14H28N2/c1-6-9-12(4)16-11-14(5,8-3)15-10-13(16)7-2/h6,12-13,15H,1,7-11H2,2-5H3. The van der Waals surface area contributed by atoms with Crippen LogP contribution in [-0.2, 0) is 0 Å². The lowest BCUT2D eigenvalue weighted by atomic mass is 9.91. The maximum atomic E-state index is 3.86. The van der Waals surface area contributed by atoms with Crippen molar-refractivity contribution in [2.75, 3.05) is 13.1 Å². The van der Waals surface area contributed by atoms with Gasteiger partial charge in [-0.05, 0) is 33.1 Å². The summed E-state index contributed by atoms with van der Waals surface area (Å²) in [5, 5.41) is 3.71. The van der Waals surface area contributed by atoms with Crippen molar-refractivity contribution < 1.29 is 0 Å². The van der Waals surface area contributed by atoms with Crippen molar-refractivity contribution >= 4 is 0 Å². The molecule has 1 fully saturated rings. The van der Waals surface area contributed by atoms with E-state index in [0.29, 0.717) is 17.6 Å². The zero-order chi connectivity index (χ0) is 12.2. The molecule has 1 saturated heterocycles. The van der Waals surface area contributed by atoms with E-state index in [4.69, 9.17) is 0 Å². The topological polar surface area (TPSA) is 15.3 Å². The summed E-state index contributed by atoms with van der Waals surface area (Å²) in [6, 6.07) is 1.31. The van der Waals surface area contributed by atoms with Crippen molar-refractivity contribution in [1.29, 1.82) is 0 Å². The van der Waals surface area contributed by atoms with E-state index in [2.05, 4.69) is 44.5 Å². The van der Waals surface area contributed by atoms with Gasteiger partial charge in [-0.1, -0.05) is 19.9 Å². The number of nitrogens with zero attached hydrogens (tertiary/aromatic N) is 1. The third-order valence-electron chi connectivity index (χ3n) is 4.09. The van der Waals surface area contributed by atoms with Crippen LogP contribution in [0.2, 0.25) is 0 Å². The van der Waals surface area contributed by atoms with E-state index >= 15 is 0 Å². The van der Waals surface area contributed by atoms with Crippen LogP contribution in [0, 0.1) is 0 Å². The van der Waals surface area contributed by atoms with Gasteiger partial charge in [-0.25, -0.2) is 0 Å². The normalized spacial score (nSPS) is 33.6. The molecule has 2 heteroatoms. The molecule has 0 aromatic rings. The molecule has 1 aliphatic rings. The van der Waals surface area contributed by atoms with E-state index < -0.39 is 0 Å². The highest BCUT2D eigenvalue weighted by Crippen LogP contribution is 2.23. The van der Waals surface area contributed by atoms with Crippen molar-refractivity contribution in [3.8, 4) is 0 Å². The van der Waals surface area contributed by atoms with Crippen LogP contribution in [0.3, 0.4) is 0 Å². The SMILES string of the molecule is C=CCC(C)N1CC(C)(CC)NCC1CC. The van der Waals surface area contributed by atoms with Crippen LogP contribution in [0.15, 0.2) is 12.7 Å². The second-order valence-corrected chi connectivity index (χ2v) is 5.40. The molecule has 0 aromatic heterocycles. The van der Waals surface area contributed by atoms with Crippen LogP contribution < -0.4 is 5.32 Å². The number of nitrogens with one attached hydrogen (secondary N) is 1. The van der Waals surface area contributed by atoms with Gasteiger partial charge >= 0.3 is 0 Å². The second-order valence-electron chi connectivity index (χ2n) is 5.40. The molecule has 2 nitrogen and oxygen atoms in total. The van der Waals surface area contributed by atoms with Crippen LogP contribution >= 0.6 is 0 Å². The first-order valence-electron chi connectivity index (χ1n) is 6.68. The monoisotopic (exact) mass is 224 g/mol. The number of piperazine rings is 1. The summed E-state index contributed by atoms with van der Waals surface area (Å²) in [5.41, 5.74) is 0.293. The van der Waals surface area contributed by atoms with E-state index in [1.165, 1.54) is 12.8 Å². The Morgan fingerprint density at radius 2 is 2.25 bits per heavy atom. The highest BCUT2D eigenvalue weighted by molar-refractivity contribution is 4.96. The highest BCUT2D eigenvalue weighted by Gasteiger charge is 2.35. The summed E-state index contributed by atoms with van der Waals surface area (Å²) in [6.45, 7) is 15.4. The molecular weight excluding hydrogens is 196 g/mol. The first-order valence-corrected chi connectivity index (χ1v) is 6.68. The van der Waals surface area contributed by atoms with E-state index in [0.717, 1.165) is 19.5 Å². The number of rotatable bonds is 5. The summed E-state index contributed by atoms with van der Waals surface area (Å²) >= 11 is 0. The predicted molar refractivity (Wildman–Crippen MR) is 71.8 cm³/mol. The van der Waals surface area contributed by atoms with E-state index in [9.17, 15) is 0 Å². The Labute approximate surface area is 101 Å². The second kappa shape index (κ2) is 5.83. The van der Waals surface area contributed by atoms with E-state index in [-0.39, 0.29) is 0 Å². The van der Waals surface area contributed by atoms with Crippen LogP contribution in [0.5, 0.6) is 0 Å². The van der Waals surface area contributed by atoms with Crippen LogP contribution in [0.4, 0.5) is 0 Å². The van der Waals surface area contributed by atoms with Gasteiger partial charge in [-0.15, -0.1) is 6.58 Å². The fraction of sp³-hybridized carbons (Fsp3) is 0.857. The molecule has 1 N–H and O–H groups in total. The summed E-state index contributed by atoms with van der Waals surface area (Å²) in [7, 11) is 0. The van der Waals surface area contributed by atoms with Gasteiger partial charge in [-0.2, -0.15) is 0 Å². The Bertz CT molecular complexity index is 227. The van der Waals surface area contributed by atoms with E-state index in [1.807, 2.05) is 6.08 Å². The minimum atomic E-state index is 0.293. The Hall–Kier alpha value is -0.340. The maximum Gasteiger partial charge on any atom is 0.0278 e. The quantitative estimate of drug-likeness (QED) is 0.722. The molecular formula is C14H28N2. The molecule has 0 saturated carbocycles. The molecule has 3 atom stereocenters. The molecule has 16 heavy (non-hydrogen) atoms. The Kier molecular flexibility index (Phi) is 5.00. The van der Waals surface area contributed by atoms with Gasteiger partial charge in [-0.3, -0.25) is 4.90 Å². The first kappa shape index (κ1) is 13.7. The van der Waals surface area contributed by atoms with E-state index in [1.54, 1.807) is 0 Å². The predicted octanol–water partition coefficient (Wildman–Crippen LogP) is 2.80. The minimum absolute atomic E-state index is 0.293. The molecule has 0 amide bonds. The summed E-state index contributed by atoms with van der Waals surface area (Å²) in [6.07, 6.45) is 5.56. The lowest BCUT2D eigenvalue weighted by molar-refractivity contribution is 0.0508. The summed E-state index contributed by atoms with van der Waals surface area (Å²) < 4.78 is 0. The molecule has 0 aliphatic carbocycles. The molecule has 0 bridgehead atoms. The van der Waals surface area contributed by atoms with Gasteiger partial charge in [0.1, 0.15) is 0 Å². The zero-order valence-corrected chi connectivity index (χ0v) is 11.4. The van der Waals surface area contributed by atoms with Crippen molar-refractivity contribution in [2.24, 2.45) is 0 Å². The van der Waals surface area contributed by atoms with Crippen LogP contribution in [0.1, 0.15) is 47.0 Å². The van der Waals surface area contributed by atoms with Gasteiger partial charge in [0.15, 0.2) is 0 Å². The molecule has 0 aromatic carbocycles. The Balaban J connectivity index is 2.70. The van der Waals surface area contributed by atoms with Crippen LogP contribution in [-0.4, -0.2) is 35.6 Å². The maximum absolute atomic E-state index is 3.86. The average molecular weight is 224 g/mol. The lowest BCUT2D eigenvalue weighted by Crippen LogP contribution is -2.64. The van der Waals surface area contributed by atoms with Crippen molar-refractivity contribution in [3.05, 3.63) is 12.7 Å². The third-order valence-corrected chi connectivity index (χ3v) is 4.09. The molecule has 94 valence electrons. The Morgan fingerprint density at radius 3 is 2.75 bits per heavy atom. The van der Waals surface area contributed by atoms with Gasteiger partial charge in [0, 0.05) is 30.7 Å². The molecule has 3 unspecified atom stereocenters. The molecule has 1 rings (SSSR count). The fourth-order valence-electron chi connectivity index (χ4n) is 2.58. The largest absolute Gasteiger partial charge is 0.309 e. The van der Waals surface area contributed by atoms with Gasteiger partial charge in [0.05, 0.1) is 0 Å². The van der Waals surface area contributed by atoms with Gasteiger partial charge < -0.3 is 5.32 Å². The van der Waals surface area contributed by atoms with Crippen LogP contribution in [0.25, 0.3) is 0 Å². The van der Waals surface area contributed by atoms with Gasteiger partial charge in [0.25, 0.3) is 0 Å². The first-order chi connectivity index (χ1) is 7.56. The molecule has 1 heterocycles. The summed E-state index contributed by atoms with van der Waals surface area (Å²) in [5.74, 6) is 0. The smallest absolute Gasteiger partial charge is 0.0278 e. The summed E-state index contributed by atoms with van der Waals surface area (Å²) in [4.78, 5) is 2.67. The van der Waals surface area contributed by atoms with Crippen molar-refractivity contribution in [2.45, 2.75) is 64.6 Å². The highest BCUT2D eigenvalue weighted by atomic mass is 15.3. The zero-order valence-electron chi connectivity index (χ0n) is 11.4. The number of hydrogen-bond donors (Lipinski definition) is 1. The van der Waals surface area contributed by atoms with Gasteiger partial charge in [0.2, 0.25) is 0 Å². The fourth-order valence-corrected chi connectivity index (χ4v) is 2.58. The Morgan fingerprint density at radius 1 is 1.56 bits per heavy atom. The molecule has 1 aliphatic heterocycles. The lowest BCUT2D eigenvalue weighted by Gasteiger charge is -2.48. The molecule has 0 radical (unpaired) electrons. The van der Waals surface area contributed by atoms with Crippen molar-refractivity contribution in [3.63, 3.8) is 0 Å². The average Bonchev–Trinajstić information content (AvgIpc) is 2.29.